The highest BCUT2D eigenvalue weighted by atomic mass is 79.9. The molecule has 0 spiro atoms. The zero-order chi connectivity index (χ0) is 13.0. The molecule has 0 atom stereocenters. The van der Waals surface area contributed by atoms with E-state index in [1.165, 1.54) is 5.56 Å². The fraction of sp³-hybridized carbons (Fsp3) is 0.143. The van der Waals surface area contributed by atoms with Crippen LogP contribution in [0.2, 0.25) is 5.02 Å². The molecular formula is C14H13BrClNS. The number of hydrogen-bond donors (Lipinski definition) is 0. The van der Waals surface area contributed by atoms with E-state index in [1.54, 1.807) is 11.9 Å². The average molecular weight is 343 g/mol. The molecule has 0 aliphatic rings. The smallest absolute Gasteiger partial charge is 0.0555 e. The lowest BCUT2D eigenvalue weighted by Gasteiger charge is -2.16. The molecule has 0 amide bonds. The summed E-state index contributed by atoms with van der Waals surface area (Å²) in [4.78, 5) is 1.08. The van der Waals surface area contributed by atoms with Crippen LogP contribution in [0.3, 0.4) is 0 Å². The van der Waals surface area contributed by atoms with Crippen LogP contribution in [0.25, 0.3) is 0 Å². The van der Waals surface area contributed by atoms with Crippen molar-refractivity contribution in [3.05, 3.63) is 63.6 Å². The van der Waals surface area contributed by atoms with Crippen molar-refractivity contribution in [2.24, 2.45) is 0 Å². The first-order valence-corrected chi connectivity index (χ1v) is 7.47. The molecule has 0 saturated heterocycles. The maximum atomic E-state index is 6.14. The van der Waals surface area contributed by atoms with Crippen molar-refractivity contribution >= 4 is 39.5 Å². The van der Waals surface area contributed by atoms with E-state index in [1.807, 2.05) is 24.3 Å². The van der Waals surface area contributed by atoms with Gasteiger partial charge in [0.2, 0.25) is 0 Å². The van der Waals surface area contributed by atoms with Gasteiger partial charge in [-0.05, 0) is 48.8 Å². The minimum absolute atomic E-state index is 0.796. The van der Waals surface area contributed by atoms with E-state index in [2.05, 4.69) is 51.5 Å². The van der Waals surface area contributed by atoms with E-state index in [4.69, 9.17) is 11.6 Å². The summed E-state index contributed by atoms with van der Waals surface area (Å²) in [5.74, 6) is 0. The summed E-state index contributed by atoms with van der Waals surface area (Å²) in [6.07, 6.45) is 0. The van der Waals surface area contributed by atoms with Crippen molar-refractivity contribution in [1.29, 1.82) is 0 Å². The molecule has 0 saturated carbocycles. The van der Waals surface area contributed by atoms with Gasteiger partial charge in [0.1, 0.15) is 0 Å². The third-order valence-corrected chi connectivity index (χ3v) is 4.37. The van der Waals surface area contributed by atoms with E-state index in [-0.39, 0.29) is 0 Å². The Morgan fingerprint density at radius 2 is 1.78 bits per heavy atom. The van der Waals surface area contributed by atoms with Crippen LogP contribution in [0.15, 0.2) is 57.9 Å². The Morgan fingerprint density at radius 3 is 2.44 bits per heavy atom. The fourth-order valence-corrected chi connectivity index (χ4v) is 2.91. The SMILES string of the molecule is CN(Cc1ccc(Br)cc1)Sc1ccccc1Cl. The summed E-state index contributed by atoms with van der Waals surface area (Å²) in [6, 6.07) is 16.2. The molecule has 2 rings (SSSR count). The summed E-state index contributed by atoms with van der Waals surface area (Å²) < 4.78 is 3.28. The van der Waals surface area contributed by atoms with Crippen molar-refractivity contribution in [3.8, 4) is 0 Å². The van der Waals surface area contributed by atoms with Crippen LogP contribution in [0.4, 0.5) is 0 Å². The predicted octanol–water partition coefficient (Wildman–Crippen LogP) is 5.24. The molecule has 0 radical (unpaired) electrons. The summed E-state index contributed by atoms with van der Waals surface area (Å²) in [5, 5.41) is 0.796. The Bertz CT molecular complexity index is 515. The van der Waals surface area contributed by atoms with Crippen LogP contribution in [0.5, 0.6) is 0 Å². The lowest BCUT2D eigenvalue weighted by atomic mass is 10.2. The number of rotatable bonds is 4. The molecule has 4 heteroatoms. The van der Waals surface area contributed by atoms with Gasteiger partial charge in [0.05, 0.1) is 5.02 Å². The zero-order valence-corrected chi connectivity index (χ0v) is 13.1. The van der Waals surface area contributed by atoms with Gasteiger partial charge in [-0.15, -0.1) is 0 Å². The first-order valence-electron chi connectivity index (χ1n) is 5.53. The second kappa shape index (κ2) is 6.62. The van der Waals surface area contributed by atoms with Crippen molar-refractivity contribution in [3.63, 3.8) is 0 Å². The highest BCUT2D eigenvalue weighted by Gasteiger charge is 2.05. The van der Waals surface area contributed by atoms with Crippen LogP contribution in [0.1, 0.15) is 5.56 Å². The first kappa shape index (κ1) is 13.9. The average Bonchev–Trinajstić information content (AvgIpc) is 2.35. The quantitative estimate of drug-likeness (QED) is 0.699. The van der Waals surface area contributed by atoms with Gasteiger partial charge < -0.3 is 0 Å². The van der Waals surface area contributed by atoms with Gasteiger partial charge in [-0.2, -0.15) is 0 Å². The van der Waals surface area contributed by atoms with Crippen molar-refractivity contribution in [1.82, 2.24) is 4.31 Å². The summed E-state index contributed by atoms with van der Waals surface area (Å²) >= 11 is 11.2. The largest absolute Gasteiger partial charge is 0.245 e. The number of hydrogen-bond acceptors (Lipinski definition) is 2. The summed E-state index contributed by atoms with van der Waals surface area (Å²) in [6.45, 7) is 0.878. The van der Waals surface area contributed by atoms with Crippen LogP contribution < -0.4 is 0 Å². The molecule has 94 valence electrons. The van der Waals surface area contributed by atoms with E-state index in [0.29, 0.717) is 0 Å². The highest BCUT2D eigenvalue weighted by Crippen LogP contribution is 2.29. The van der Waals surface area contributed by atoms with Crippen LogP contribution in [-0.4, -0.2) is 11.4 Å². The molecule has 0 aromatic heterocycles. The predicted molar refractivity (Wildman–Crippen MR) is 82.9 cm³/mol. The molecule has 0 aliphatic carbocycles. The molecule has 1 nitrogen and oxygen atoms in total. The van der Waals surface area contributed by atoms with Gasteiger partial charge in [-0.1, -0.05) is 51.8 Å². The first-order chi connectivity index (χ1) is 8.65. The fourth-order valence-electron chi connectivity index (χ4n) is 1.57. The van der Waals surface area contributed by atoms with Crippen molar-refractivity contribution in [2.75, 3.05) is 7.05 Å². The normalized spacial score (nSPS) is 10.9. The summed E-state index contributed by atoms with van der Waals surface area (Å²) in [7, 11) is 2.07. The van der Waals surface area contributed by atoms with Crippen LogP contribution in [0, 0.1) is 0 Å². The number of halogens is 2. The molecule has 0 heterocycles. The van der Waals surface area contributed by atoms with Gasteiger partial charge >= 0.3 is 0 Å². The van der Waals surface area contributed by atoms with E-state index < -0.39 is 0 Å². The second-order valence-corrected chi connectivity index (χ2v) is 6.50. The Labute approximate surface area is 125 Å². The Hall–Kier alpha value is -0.480. The molecule has 0 unspecified atom stereocenters. The monoisotopic (exact) mass is 341 g/mol. The van der Waals surface area contributed by atoms with Crippen LogP contribution in [-0.2, 0) is 6.54 Å². The Morgan fingerprint density at radius 1 is 1.11 bits per heavy atom. The Kier molecular flexibility index (Phi) is 5.13. The van der Waals surface area contributed by atoms with E-state index in [0.717, 1.165) is 20.9 Å². The zero-order valence-electron chi connectivity index (χ0n) is 9.94. The highest BCUT2D eigenvalue weighted by molar-refractivity contribution is 9.10. The van der Waals surface area contributed by atoms with Crippen molar-refractivity contribution in [2.45, 2.75) is 11.4 Å². The maximum absolute atomic E-state index is 6.14. The van der Waals surface area contributed by atoms with E-state index >= 15 is 0 Å². The molecule has 0 bridgehead atoms. The third kappa shape index (κ3) is 4.02. The maximum Gasteiger partial charge on any atom is 0.0555 e. The molecular weight excluding hydrogens is 330 g/mol. The lowest BCUT2D eigenvalue weighted by Crippen LogP contribution is -2.08. The van der Waals surface area contributed by atoms with Gasteiger partial charge in [-0.3, -0.25) is 0 Å². The molecule has 0 fully saturated rings. The standard InChI is InChI=1S/C14H13BrClNS/c1-17(10-11-6-8-12(15)9-7-11)18-14-5-3-2-4-13(14)16/h2-9H,10H2,1H3. The van der Waals surface area contributed by atoms with Gasteiger partial charge in [0.25, 0.3) is 0 Å². The molecule has 0 aliphatic heterocycles. The van der Waals surface area contributed by atoms with E-state index in [9.17, 15) is 0 Å². The second-order valence-electron chi connectivity index (χ2n) is 3.93. The summed E-state index contributed by atoms with van der Waals surface area (Å²) in [5.41, 5.74) is 1.28. The van der Waals surface area contributed by atoms with Gasteiger partial charge in [0.15, 0.2) is 0 Å². The molecule has 2 aromatic rings. The van der Waals surface area contributed by atoms with Gasteiger partial charge in [0, 0.05) is 15.9 Å². The minimum atomic E-state index is 0.796. The number of benzene rings is 2. The van der Waals surface area contributed by atoms with Crippen molar-refractivity contribution < 1.29 is 0 Å². The third-order valence-electron chi connectivity index (χ3n) is 2.41. The van der Waals surface area contributed by atoms with Crippen LogP contribution >= 0.6 is 39.5 Å². The molecule has 0 N–H and O–H groups in total. The Balaban J connectivity index is 1.99. The minimum Gasteiger partial charge on any atom is -0.245 e. The number of nitrogens with zero attached hydrogens (tertiary/aromatic N) is 1. The molecule has 18 heavy (non-hydrogen) atoms. The topological polar surface area (TPSA) is 3.24 Å². The lowest BCUT2D eigenvalue weighted by molar-refractivity contribution is 0.564. The van der Waals surface area contributed by atoms with Gasteiger partial charge in [-0.25, -0.2) is 4.31 Å². The molecule has 2 aromatic carbocycles.